The fraction of sp³-hybridized carbons (Fsp3) is 0.484. The first kappa shape index (κ1) is 42.3. The van der Waals surface area contributed by atoms with E-state index in [0.29, 0.717) is 24.5 Å². The van der Waals surface area contributed by atoms with Gasteiger partial charge in [-0.25, -0.2) is 9.59 Å². The van der Waals surface area contributed by atoms with Gasteiger partial charge in [0, 0.05) is 43.7 Å². The Morgan fingerprint density at radius 3 is 2.04 bits per heavy atom. The monoisotopic (exact) mass is 758 g/mol. The van der Waals surface area contributed by atoms with Gasteiger partial charge in [0.25, 0.3) is 0 Å². The Bertz CT molecular complexity index is 1590. The number of nitrogens with zero attached hydrogens (tertiary/aromatic N) is 1. The predicted octanol–water partition coefficient (Wildman–Crippen LogP) is 5.34. The van der Waals surface area contributed by atoms with Crippen LogP contribution in [0.2, 0.25) is 5.02 Å². The van der Waals surface area contributed by atoms with E-state index in [9.17, 15) is 41.0 Å². The van der Waals surface area contributed by atoms with E-state index in [4.69, 9.17) is 31.4 Å². The second-order valence-corrected chi connectivity index (χ2v) is 12.4. The van der Waals surface area contributed by atoms with Crippen molar-refractivity contribution < 1.29 is 56.0 Å². The molecule has 3 aromatic rings. The number of alkyl halides is 6. The molecule has 1 aromatic heterocycles. The fourth-order valence-corrected chi connectivity index (χ4v) is 6.09. The van der Waals surface area contributed by atoms with Crippen LogP contribution in [0, 0.1) is 0 Å². The summed E-state index contributed by atoms with van der Waals surface area (Å²) in [4.78, 5) is 47.0. The predicted molar refractivity (Wildman–Crippen MR) is 175 cm³/mol. The maximum absolute atomic E-state index is 12.5. The van der Waals surface area contributed by atoms with E-state index in [0.717, 1.165) is 71.2 Å². The lowest BCUT2D eigenvalue weighted by atomic mass is 10.1. The van der Waals surface area contributed by atoms with Crippen LogP contribution in [-0.4, -0.2) is 94.2 Å². The number of thiazole rings is 1. The molecule has 4 rings (SSSR count). The van der Waals surface area contributed by atoms with Crippen molar-refractivity contribution in [3.63, 3.8) is 0 Å². The van der Waals surface area contributed by atoms with E-state index >= 15 is 0 Å². The molecule has 0 bridgehead atoms. The number of aliphatic carboxylic acids is 2. The zero-order valence-electron chi connectivity index (χ0n) is 26.5. The van der Waals surface area contributed by atoms with Gasteiger partial charge in [0.2, 0.25) is 5.91 Å². The number of aromatic hydroxyl groups is 1. The molecule has 278 valence electrons. The number of carbonyl (C=O) groups is 3. The van der Waals surface area contributed by atoms with Crippen LogP contribution in [0.4, 0.5) is 26.3 Å². The Kier molecular flexibility index (Phi) is 17.0. The van der Waals surface area contributed by atoms with Gasteiger partial charge in [-0.1, -0.05) is 60.0 Å². The lowest BCUT2D eigenvalue weighted by Crippen LogP contribution is -2.41. The van der Waals surface area contributed by atoms with E-state index in [1.165, 1.54) is 25.7 Å². The topological polar surface area (TPSA) is 172 Å². The first-order valence-corrected chi connectivity index (χ1v) is 16.5. The molecule has 1 amide bonds. The van der Waals surface area contributed by atoms with E-state index in [1.54, 1.807) is 6.07 Å². The standard InChI is InChI=1S/C27H35ClN4O3S.2C2HF3O2/c28-22-8-4-1-5-19(22)12-15-30-24(34)13-17-32(21-6-2-3-7-21)18-16-29-14-11-20-9-10-23(33)25-26(20)36-27(35)31-25;2*3-2(4,5)1(6)7/h1,4-5,8-10,21,29,33H,2-3,6-7,11-18H2,(H,30,34)(H,31,35);2*(H,6,7). The SMILES string of the molecule is O=C(CCN(CCNCCc1ccc(O)c2[nH]c(=O)sc12)C1CCCC1)NCCc1ccccc1Cl.O=C(O)C(F)(F)F.O=C(O)C(F)(F)F. The zero-order valence-corrected chi connectivity index (χ0v) is 28.1. The highest BCUT2D eigenvalue weighted by Gasteiger charge is 2.38. The molecule has 0 spiro atoms. The van der Waals surface area contributed by atoms with Crippen LogP contribution >= 0.6 is 22.9 Å². The van der Waals surface area contributed by atoms with Gasteiger partial charge in [-0.15, -0.1) is 0 Å². The molecule has 1 heterocycles. The van der Waals surface area contributed by atoms with E-state index in [2.05, 4.69) is 20.5 Å². The summed E-state index contributed by atoms with van der Waals surface area (Å²) in [6.07, 6.45) is -3.24. The molecule has 1 aliphatic carbocycles. The Morgan fingerprint density at radius 2 is 1.46 bits per heavy atom. The highest BCUT2D eigenvalue weighted by Crippen LogP contribution is 2.28. The molecule has 1 fully saturated rings. The summed E-state index contributed by atoms with van der Waals surface area (Å²) in [5.41, 5.74) is 2.64. The van der Waals surface area contributed by atoms with Crippen molar-refractivity contribution in [2.75, 3.05) is 32.7 Å². The van der Waals surface area contributed by atoms with Gasteiger partial charge in [0.1, 0.15) is 11.3 Å². The molecule has 2 aromatic carbocycles. The molecule has 0 atom stereocenters. The molecule has 0 radical (unpaired) electrons. The van der Waals surface area contributed by atoms with Gasteiger partial charge in [-0.05, 0) is 55.5 Å². The normalized spacial score (nSPS) is 13.4. The number of carboxylic acid groups (broad SMARTS) is 2. The van der Waals surface area contributed by atoms with Crippen molar-refractivity contribution in [1.29, 1.82) is 0 Å². The van der Waals surface area contributed by atoms with Crippen LogP contribution in [0.5, 0.6) is 5.75 Å². The zero-order chi connectivity index (χ0) is 37.5. The number of amides is 1. The minimum Gasteiger partial charge on any atom is -0.506 e. The largest absolute Gasteiger partial charge is 0.506 e. The number of aromatic nitrogens is 1. The maximum Gasteiger partial charge on any atom is 0.490 e. The summed E-state index contributed by atoms with van der Waals surface area (Å²) in [6, 6.07) is 11.8. The van der Waals surface area contributed by atoms with Gasteiger partial charge in [-0.2, -0.15) is 26.3 Å². The van der Waals surface area contributed by atoms with Gasteiger partial charge >= 0.3 is 29.2 Å². The van der Waals surface area contributed by atoms with E-state index in [-0.39, 0.29) is 16.5 Å². The van der Waals surface area contributed by atoms with Crippen LogP contribution in [0.25, 0.3) is 10.2 Å². The lowest BCUT2D eigenvalue weighted by Gasteiger charge is -2.28. The number of phenolic OH excluding ortho intramolecular Hbond substituents is 1. The maximum atomic E-state index is 12.5. The average Bonchev–Trinajstić information content (AvgIpc) is 3.71. The molecular formula is C31H37ClF6N4O7S. The van der Waals surface area contributed by atoms with Crippen LogP contribution in [0.15, 0.2) is 41.2 Å². The molecule has 0 saturated heterocycles. The molecule has 0 aliphatic heterocycles. The molecule has 19 heteroatoms. The molecule has 11 nitrogen and oxygen atoms in total. The van der Waals surface area contributed by atoms with Crippen molar-refractivity contribution in [1.82, 2.24) is 20.5 Å². The highest BCUT2D eigenvalue weighted by atomic mass is 35.5. The molecule has 1 saturated carbocycles. The van der Waals surface area contributed by atoms with Crippen molar-refractivity contribution in [2.24, 2.45) is 0 Å². The Balaban J connectivity index is 0.000000521. The molecule has 6 N–H and O–H groups in total. The fourth-order valence-electron chi connectivity index (χ4n) is 4.96. The summed E-state index contributed by atoms with van der Waals surface area (Å²) >= 11 is 7.35. The second-order valence-electron chi connectivity index (χ2n) is 11.0. The summed E-state index contributed by atoms with van der Waals surface area (Å²) in [5.74, 6) is -5.32. The molecule has 50 heavy (non-hydrogen) atoms. The Labute approximate surface area is 291 Å². The minimum absolute atomic E-state index is 0.0832. The third kappa shape index (κ3) is 14.9. The van der Waals surface area contributed by atoms with Gasteiger partial charge < -0.3 is 30.9 Å². The highest BCUT2D eigenvalue weighted by molar-refractivity contribution is 7.16. The van der Waals surface area contributed by atoms with Gasteiger partial charge in [0.15, 0.2) is 0 Å². The number of nitrogens with one attached hydrogen (secondary N) is 3. The molecule has 1 aliphatic rings. The third-order valence-electron chi connectivity index (χ3n) is 7.41. The number of hydrogen-bond donors (Lipinski definition) is 6. The summed E-state index contributed by atoms with van der Waals surface area (Å²) in [7, 11) is 0. The van der Waals surface area contributed by atoms with Crippen LogP contribution in [0.1, 0.15) is 43.2 Å². The van der Waals surface area contributed by atoms with Crippen LogP contribution < -0.4 is 15.5 Å². The van der Waals surface area contributed by atoms with Crippen molar-refractivity contribution in [2.45, 2.75) is 63.3 Å². The quantitative estimate of drug-likeness (QED) is 0.0995. The number of halogens is 7. The number of benzene rings is 2. The van der Waals surface area contributed by atoms with Gasteiger partial charge in [0.05, 0.1) is 4.70 Å². The van der Waals surface area contributed by atoms with Crippen LogP contribution in [-0.2, 0) is 27.2 Å². The smallest absolute Gasteiger partial charge is 0.490 e. The number of H-pyrrole nitrogens is 1. The third-order valence-corrected chi connectivity index (χ3v) is 8.74. The summed E-state index contributed by atoms with van der Waals surface area (Å²) in [6.45, 7) is 3.89. The summed E-state index contributed by atoms with van der Waals surface area (Å²) in [5, 5.41) is 31.5. The number of rotatable bonds is 13. The number of hydrogen-bond acceptors (Lipinski definition) is 8. The average molecular weight is 759 g/mol. The Morgan fingerprint density at radius 1 is 0.880 bits per heavy atom. The van der Waals surface area contributed by atoms with Crippen molar-refractivity contribution in [3.05, 3.63) is 62.2 Å². The minimum atomic E-state index is -5.08. The Hall–Kier alpha value is -3.87. The molecule has 0 unspecified atom stereocenters. The van der Waals surface area contributed by atoms with Crippen molar-refractivity contribution >= 4 is 51.0 Å². The van der Waals surface area contributed by atoms with Crippen molar-refractivity contribution in [3.8, 4) is 5.75 Å². The first-order valence-electron chi connectivity index (χ1n) is 15.3. The van der Waals surface area contributed by atoms with Crippen LogP contribution in [0.3, 0.4) is 0 Å². The van der Waals surface area contributed by atoms with E-state index < -0.39 is 24.3 Å². The van der Waals surface area contributed by atoms with E-state index in [1.807, 2.05) is 30.3 Å². The number of carbonyl (C=O) groups excluding carboxylic acids is 1. The number of carboxylic acids is 2. The lowest BCUT2D eigenvalue weighted by molar-refractivity contribution is -0.193. The first-order chi connectivity index (χ1) is 23.4. The molecular weight excluding hydrogens is 722 g/mol. The number of fused-ring (bicyclic) bond motifs is 1. The van der Waals surface area contributed by atoms with Gasteiger partial charge in [-0.3, -0.25) is 14.5 Å². The summed E-state index contributed by atoms with van der Waals surface area (Å²) < 4.78 is 64.3. The number of phenols is 1. The second kappa shape index (κ2) is 20.1. The number of aromatic amines is 1.